The number of unbranched alkanes of at least 4 members (excludes halogenated alkanes) is 1. The standard InChI is InChI=1S/C27H35N5O5S.2ClH/c1-2-3-20-37-25-10-8-24(9-11-25)31-16-18-32(19-17-31)38(35,36)27(26(33)29-34)12-14-30(15-13-27)23-6-4-22(21-28)5-7-23;;/h4-11,34H,2-3,12-20H2,1H3,(H,29,33);2*1H. The van der Waals surface area contributed by atoms with Crippen molar-refractivity contribution in [2.75, 3.05) is 55.7 Å². The van der Waals surface area contributed by atoms with Gasteiger partial charge in [-0.2, -0.15) is 9.57 Å². The highest BCUT2D eigenvalue weighted by molar-refractivity contribution is 7.91. The maximum atomic E-state index is 13.9. The third-order valence-corrected chi connectivity index (χ3v) is 10.1. The van der Waals surface area contributed by atoms with E-state index < -0.39 is 20.7 Å². The van der Waals surface area contributed by atoms with Crippen LogP contribution in [0.15, 0.2) is 48.5 Å². The molecule has 2 aromatic rings. The number of carbonyl (C=O) groups is 1. The molecule has 2 heterocycles. The fraction of sp³-hybridized carbons (Fsp3) is 0.481. The van der Waals surface area contributed by atoms with E-state index in [-0.39, 0.29) is 50.7 Å². The Labute approximate surface area is 248 Å². The van der Waals surface area contributed by atoms with Gasteiger partial charge in [0.25, 0.3) is 5.91 Å². The minimum absolute atomic E-state index is 0. The first-order valence-electron chi connectivity index (χ1n) is 13.0. The first-order chi connectivity index (χ1) is 18.3. The molecule has 2 fully saturated rings. The average molecular weight is 615 g/mol. The van der Waals surface area contributed by atoms with Crippen LogP contribution in [-0.4, -0.2) is 74.5 Å². The highest BCUT2D eigenvalue weighted by Crippen LogP contribution is 2.36. The topological polar surface area (TPSA) is 126 Å². The Kier molecular flexibility index (Phi) is 12.3. The van der Waals surface area contributed by atoms with E-state index in [1.54, 1.807) is 17.6 Å². The van der Waals surface area contributed by atoms with E-state index in [9.17, 15) is 18.4 Å². The van der Waals surface area contributed by atoms with Crippen LogP contribution >= 0.6 is 24.8 Å². The summed E-state index contributed by atoms with van der Waals surface area (Å²) in [5, 5.41) is 18.5. The molecule has 0 unspecified atom stereocenters. The van der Waals surface area contributed by atoms with Crippen molar-refractivity contribution in [3.8, 4) is 11.8 Å². The summed E-state index contributed by atoms with van der Waals surface area (Å²) in [7, 11) is -4.05. The molecule has 2 aromatic carbocycles. The van der Waals surface area contributed by atoms with Crippen molar-refractivity contribution in [3.63, 3.8) is 0 Å². The van der Waals surface area contributed by atoms with E-state index in [0.717, 1.165) is 30.0 Å². The lowest BCUT2D eigenvalue weighted by Crippen LogP contribution is -2.63. The van der Waals surface area contributed by atoms with Gasteiger partial charge in [0.1, 0.15) is 5.75 Å². The van der Waals surface area contributed by atoms with Crippen molar-refractivity contribution >= 4 is 52.1 Å². The molecule has 0 spiro atoms. The summed E-state index contributed by atoms with van der Waals surface area (Å²) in [6, 6.07) is 16.9. The van der Waals surface area contributed by atoms with Gasteiger partial charge >= 0.3 is 0 Å². The number of nitriles is 1. The molecule has 0 radical (unpaired) electrons. The van der Waals surface area contributed by atoms with Crippen LogP contribution in [0.3, 0.4) is 0 Å². The number of benzene rings is 2. The number of nitrogens with zero attached hydrogens (tertiary/aromatic N) is 4. The lowest BCUT2D eigenvalue weighted by atomic mass is 9.94. The van der Waals surface area contributed by atoms with Crippen LogP contribution in [-0.2, 0) is 14.8 Å². The molecule has 40 heavy (non-hydrogen) atoms. The van der Waals surface area contributed by atoms with Crippen LogP contribution in [0, 0.1) is 11.3 Å². The molecule has 0 aromatic heterocycles. The fourth-order valence-electron chi connectivity index (χ4n) is 5.10. The van der Waals surface area contributed by atoms with Crippen LogP contribution in [0.25, 0.3) is 0 Å². The van der Waals surface area contributed by atoms with Gasteiger partial charge in [-0.15, -0.1) is 24.8 Å². The lowest BCUT2D eigenvalue weighted by Gasteiger charge is -2.44. The number of nitrogens with one attached hydrogen (secondary N) is 1. The highest BCUT2D eigenvalue weighted by atomic mass is 35.5. The number of ether oxygens (including phenoxy) is 1. The van der Waals surface area contributed by atoms with E-state index in [1.165, 1.54) is 4.31 Å². The zero-order chi connectivity index (χ0) is 27.2. The molecule has 0 bridgehead atoms. The number of anilines is 2. The van der Waals surface area contributed by atoms with Gasteiger partial charge in [0.15, 0.2) is 4.75 Å². The van der Waals surface area contributed by atoms with Crippen molar-refractivity contribution in [1.82, 2.24) is 9.79 Å². The maximum Gasteiger partial charge on any atom is 0.266 e. The van der Waals surface area contributed by atoms with Crippen molar-refractivity contribution in [3.05, 3.63) is 54.1 Å². The Balaban J connectivity index is 0.00000280. The molecular formula is C27H37Cl2N5O5S. The number of piperidine rings is 1. The number of hydrogen-bond donors (Lipinski definition) is 2. The Morgan fingerprint density at radius 1 is 0.950 bits per heavy atom. The second-order valence-corrected chi connectivity index (χ2v) is 11.9. The molecule has 2 saturated heterocycles. The first-order valence-corrected chi connectivity index (χ1v) is 14.5. The molecule has 0 aliphatic carbocycles. The Morgan fingerprint density at radius 3 is 1.98 bits per heavy atom. The van der Waals surface area contributed by atoms with Gasteiger partial charge < -0.3 is 14.5 Å². The molecule has 1 amide bonds. The summed E-state index contributed by atoms with van der Waals surface area (Å²) in [6.45, 7) is 4.92. The molecule has 2 aliphatic heterocycles. The minimum atomic E-state index is -4.05. The van der Waals surface area contributed by atoms with Gasteiger partial charge in [-0.05, 0) is 67.8 Å². The summed E-state index contributed by atoms with van der Waals surface area (Å²) in [4.78, 5) is 17.0. The second-order valence-electron chi connectivity index (χ2n) is 9.67. The smallest absolute Gasteiger partial charge is 0.266 e. The monoisotopic (exact) mass is 613 g/mol. The van der Waals surface area contributed by atoms with E-state index in [4.69, 9.17) is 10.00 Å². The Hall–Kier alpha value is -2.75. The molecular weight excluding hydrogens is 577 g/mol. The summed E-state index contributed by atoms with van der Waals surface area (Å²) in [5.74, 6) is -0.0780. The van der Waals surface area contributed by atoms with Gasteiger partial charge in [0.05, 0.1) is 18.2 Å². The highest BCUT2D eigenvalue weighted by Gasteiger charge is 2.55. The molecule has 4 rings (SSSR count). The molecule has 13 heteroatoms. The van der Waals surface area contributed by atoms with E-state index in [0.29, 0.717) is 38.3 Å². The zero-order valence-electron chi connectivity index (χ0n) is 22.5. The number of halogens is 2. The van der Waals surface area contributed by atoms with Crippen molar-refractivity contribution in [2.24, 2.45) is 0 Å². The predicted molar refractivity (Wildman–Crippen MR) is 159 cm³/mol. The predicted octanol–water partition coefficient (Wildman–Crippen LogP) is 3.58. The van der Waals surface area contributed by atoms with Crippen LogP contribution in [0.4, 0.5) is 11.4 Å². The Morgan fingerprint density at radius 2 is 1.48 bits per heavy atom. The number of piperazine rings is 1. The first kappa shape index (κ1) is 33.5. The van der Waals surface area contributed by atoms with E-state index in [2.05, 4.69) is 17.9 Å². The van der Waals surface area contributed by atoms with Gasteiger partial charge in [-0.25, -0.2) is 13.9 Å². The number of hydroxylamine groups is 1. The second kappa shape index (κ2) is 14.8. The molecule has 2 N–H and O–H groups in total. The minimum Gasteiger partial charge on any atom is -0.494 e. The summed E-state index contributed by atoms with van der Waals surface area (Å²) in [6.07, 6.45) is 2.16. The maximum absolute atomic E-state index is 13.9. The average Bonchev–Trinajstić information content (AvgIpc) is 2.97. The number of carbonyl (C=O) groups excluding carboxylic acids is 1. The largest absolute Gasteiger partial charge is 0.494 e. The summed E-state index contributed by atoms with van der Waals surface area (Å²) in [5.41, 5.74) is 4.01. The van der Waals surface area contributed by atoms with Crippen LogP contribution in [0.1, 0.15) is 38.2 Å². The SMILES string of the molecule is CCCCOc1ccc(N2CCN(S(=O)(=O)C3(C(=O)NO)CCN(c4ccc(C#N)cc4)CC3)CC2)cc1.Cl.Cl. The molecule has 220 valence electrons. The normalized spacial score (nSPS) is 17.1. The summed E-state index contributed by atoms with van der Waals surface area (Å²) < 4.78 is 33.1. The van der Waals surface area contributed by atoms with Crippen LogP contribution in [0.2, 0.25) is 0 Å². The quantitative estimate of drug-likeness (QED) is 0.250. The van der Waals surface area contributed by atoms with Gasteiger partial charge in [0, 0.05) is 50.6 Å². The number of hydrogen-bond acceptors (Lipinski definition) is 8. The van der Waals surface area contributed by atoms with Gasteiger partial charge in [-0.3, -0.25) is 10.0 Å². The fourth-order valence-corrected chi connectivity index (χ4v) is 7.21. The Bertz CT molecular complexity index is 1240. The van der Waals surface area contributed by atoms with Crippen molar-refractivity contribution in [1.29, 1.82) is 5.26 Å². The third-order valence-electron chi connectivity index (χ3n) is 7.49. The van der Waals surface area contributed by atoms with Crippen LogP contribution in [0.5, 0.6) is 5.75 Å². The number of sulfonamides is 1. The molecule has 10 nitrogen and oxygen atoms in total. The molecule has 0 saturated carbocycles. The van der Waals surface area contributed by atoms with Crippen LogP contribution < -0.4 is 20.0 Å². The van der Waals surface area contributed by atoms with Gasteiger partial charge in [0.2, 0.25) is 10.0 Å². The lowest BCUT2D eigenvalue weighted by molar-refractivity contribution is -0.132. The number of amides is 1. The van der Waals surface area contributed by atoms with Crippen molar-refractivity contribution in [2.45, 2.75) is 37.4 Å². The van der Waals surface area contributed by atoms with E-state index >= 15 is 0 Å². The molecule has 0 atom stereocenters. The third kappa shape index (κ3) is 6.93. The van der Waals surface area contributed by atoms with Gasteiger partial charge in [-0.1, -0.05) is 13.3 Å². The zero-order valence-corrected chi connectivity index (χ0v) is 24.9. The number of rotatable bonds is 9. The van der Waals surface area contributed by atoms with E-state index in [1.807, 2.05) is 41.3 Å². The van der Waals surface area contributed by atoms with Crippen molar-refractivity contribution < 1.29 is 23.2 Å². The summed E-state index contributed by atoms with van der Waals surface area (Å²) >= 11 is 0. The molecule has 2 aliphatic rings.